The zero-order valence-electron chi connectivity index (χ0n) is 18.8. The van der Waals surface area contributed by atoms with Crippen LogP contribution in [0.4, 0.5) is 5.82 Å². The molecule has 3 aromatic rings. The zero-order chi connectivity index (χ0) is 22.0. The predicted octanol–water partition coefficient (Wildman–Crippen LogP) is 3.77. The summed E-state index contributed by atoms with van der Waals surface area (Å²) in [7, 11) is 0. The van der Waals surface area contributed by atoms with E-state index in [9.17, 15) is 0 Å². The van der Waals surface area contributed by atoms with Crippen molar-refractivity contribution in [1.29, 1.82) is 0 Å². The molecule has 0 radical (unpaired) electrons. The van der Waals surface area contributed by atoms with Crippen LogP contribution in [0, 0.1) is 0 Å². The summed E-state index contributed by atoms with van der Waals surface area (Å²) in [6.07, 6.45) is 0. The van der Waals surface area contributed by atoms with Gasteiger partial charge in [0.2, 0.25) is 0 Å². The second-order valence-corrected chi connectivity index (χ2v) is 10.8. The van der Waals surface area contributed by atoms with Gasteiger partial charge >= 0.3 is 0 Å². The molecule has 5 rings (SSSR count). The second kappa shape index (κ2) is 9.70. The maximum atomic E-state index is 5.56. The molecular weight excluding hydrogens is 442 g/mol. The van der Waals surface area contributed by atoms with Crippen LogP contribution in [0.1, 0.15) is 19.7 Å². The van der Waals surface area contributed by atoms with E-state index in [0.717, 1.165) is 87.6 Å². The lowest BCUT2D eigenvalue weighted by atomic mass is 10.0. The average molecular weight is 474 g/mol. The molecule has 0 aliphatic carbocycles. The Kier molecular flexibility index (Phi) is 6.73. The summed E-state index contributed by atoms with van der Waals surface area (Å²) in [4.78, 5) is 17.2. The smallest absolute Gasteiger partial charge is 0.146 e. The highest BCUT2D eigenvalue weighted by atomic mass is 32.1. The van der Waals surface area contributed by atoms with E-state index >= 15 is 0 Å². The predicted molar refractivity (Wildman–Crippen MR) is 132 cm³/mol. The van der Waals surface area contributed by atoms with Crippen LogP contribution in [0.2, 0.25) is 0 Å². The lowest BCUT2D eigenvalue weighted by molar-refractivity contribution is -0.00570. The Labute approximate surface area is 197 Å². The van der Waals surface area contributed by atoms with Gasteiger partial charge in [0.25, 0.3) is 0 Å². The highest BCUT2D eigenvalue weighted by Crippen LogP contribution is 2.39. The first-order valence-electron chi connectivity index (χ1n) is 11.3. The van der Waals surface area contributed by atoms with E-state index in [1.807, 2.05) is 0 Å². The number of nitrogens with zero attached hydrogens (tertiary/aromatic N) is 4. The minimum absolute atomic E-state index is 0.00451. The second-order valence-electron chi connectivity index (χ2n) is 8.95. The van der Waals surface area contributed by atoms with E-state index in [1.165, 1.54) is 10.4 Å². The summed E-state index contributed by atoms with van der Waals surface area (Å²) >= 11 is 3.47. The van der Waals surface area contributed by atoms with Crippen LogP contribution in [0.5, 0.6) is 0 Å². The standard InChI is InChI=1S/C23H31N5O2S2/c1-23(2,28-7-11-30-12-8-28)16-24-21-20-17(18-4-3-13-31-18)15-32-22(20)26-19(25-21)14-27-5-9-29-10-6-27/h3-4,13,15H,5-12,14,16H2,1-2H3,(H,24,25,26). The van der Waals surface area contributed by atoms with E-state index < -0.39 is 0 Å². The van der Waals surface area contributed by atoms with Crippen molar-refractivity contribution in [2.45, 2.75) is 25.9 Å². The Bertz CT molecular complexity index is 1020. The van der Waals surface area contributed by atoms with Gasteiger partial charge in [-0.25, -0.2) is 9.97 Å². The summed E-state index contributed by atoms with van der Waals surface area (Å²) in [5, 5.41) is 9.22. The fraction of sp³-hybridized carbons (Fsp3) is 0.565. The van der Waals surface area contributed by atoms with Gasteiger partial charge in [-0.3, -0.25) is 9.80 Å². The Morgan fingerprint density at radius 1 is 1.03 bits per heavy atom. The largest absolute Gasteiger partial charge is 0.379 e. The van der Waals surface area contributed by atoms with Crippen LogP contribution in [0.15, 0.2) is 22.9 Å². The van der Waals surface area contributed by atoms with E-state index in [0.29, 0.717) is 0 Å². The van der Waals surface area contributed by atoms with E-state index in [2.05, 4.69) is 51.9 Å². The normalized spacial score (nSPS) is 18.9. The topological polar surface area (TPSA) is 62.8 Å². The van der Waals surface area contributed by atoms with Crippen LogP contribution in [0.3, 0.4) is 0 Å². The van der Waals surface area contributed by atoms with E-state index in [1.54, 1.807) is 22.7 Å². The molecule has 0 spiro atoms. The number of hydrogen-bond donors (Lipinski definition) is 1. The Hall–Kier alpha value is -1.62. The van der Waals surface area contributed by atoms with Gasteiger partial charge < -0.3 is 14.8 Å². The van der Waals surface area contributed by atoms with Gasteiger partial charge in [0.1, 0.15) is 16.5 Å². The molecule has 7 nitrogen and oxygen atoms in total. The SMILES string of the molecule is CC(C)(CNc1nc(CN2CCOCC2)nc2scc(-c3cccs3)c12)N1CCOCC1. The molecule has 0 saturated carbocycles. The maximum Gasteiger partial charge on any atom is 0.146 e. The summed E-state index contributed by atoms with van der Waals surface area (Å²) < 4.78 is 11.1. The summed E-state index contributed by atoms with van der Waals surface area (Å²) in [6.45, 7) is 13.1. The Morgan fingerprint density at radius 3 is 2.50 bits per heavy atom. The molecule has 9 heteroatoms. The molecule has 3 aromatic heterocycles. The molecule has 2 aliphatic rings. The van der Waals surface area contributed by atoms with Gasteiger partial charge in [-0.15, -0.1) is 22.7 Å². The lowest BCUT2D eigenvalue weighted by Crippen LogP contribution is -2.53. The molecule has 172 valence electrons. The third-order valence-electron chi connectivity index (χ3n) is 6.29. The fourth-order valence-corrected chi connectivity index (χ4v) is 6.12. The number of hydrogen-bond acceptors (Lipinski definition) is 9. The van der Waals surface area contributed by atoms with Gasteiger partial charge in [0.15, 0.2) is 0 Å². The van der Waals surface area contributed by atoms with Crippen LogP contribution >= 0.6 is 22.7 Å². The molecule has 0 atom stereocenters. The third kappa shape index (κ3) is 4.83. The molecule has 0 unspecified atom stereocenters. The summed E-state index contributed by atoms with van der Waals surface area (Å²) in [6, 6.07) is 4.28. The van der Waals surface area contributed by atoms with Gasteiger partial charge in [-0.05, 0) is 25.3 Å². The van der Waals surface area contributed by atoms with Crippen molar-refractivity contribution >= 4 is 38.7 Å². The summed E-state index contributed by atoms with van der Waals surface area (Å²) in [5.41, 5.74) is 1.23. The zero-order valence-corrected chi connectivity index (χ0v) is 20.4. The van der Waals surface area contributed by atoms with Crippen molar-refractivity contribution in [2.24, 2.45) is 0 Å². The Balaban J connectivity index is 1.45. The highest BCUT2D eigenvalue weighted by molar-refractivity contribution is 7.18. The molecule has 5 heterocycles. The fourth-order valence-electron chi connectivity index (χ4n) is 4.34. The minimum atomic E-state index is 0.00451. The molecule has 2 aliphatic heterocycles. The molecule has 0 amide bonds. The van der Waals surface area contributed by atoms with Crippen molar-refractivity contribution < 1.29 is 9.47 Å². The monoisotopic (exact) mass is 473 g/mol. The number of rotatable bonds is 7. The molecule has 2 saturated heterocycles. The summed E-state index contributed by atoms with van der Waals surface area (Å²) in [5.74, 6) is 1.83. The number of morpholine rings is 2. The van der Waals surface area contributed by atoms with Gasteiger partial charge in [-0.2, -0.15) is 0 Å². The van der Waals surface area contributed by atoms with Crippen molar-refractivity contribution in [3.63, 3.8) is 0 Å². The van der Waals surface area contributed by atoms with Crippen molar-refractivity contribution in [2.75, 3.05) is 64.5 Å². The highest BCUT2D eigenvalue weighted by Gasteiger charge is 2.29. The number of ether oxygens (including phenoxy) is 2. The maximum absolute atomic E-state index is 5.56. The lowest BCUT2D eigenvalue weighted by Gasteiger charge is -2.41. The molecule has 1 N–H and O–H groups in total. The van der Waals surface area contributed by atoms with Gasteiger partial charge in [0.05, 0.1) is 38.4 Å². The van der Waals surface area contributed by atoms with Gasteiger partial charge in [0, 0.05) is 54.1 Å². The molecule has 2 fully saturated rings. The number of anilines is 1. The van der Waals surface area contributed by atoms with Crippen molar-refractivity contribution in [3.05, 3.63) is 28.7 Å². The van der Waals surface area contributed by atoms with Crippen molar-refractivity contribution in [3.8, 4) is 10.4 Å². The van der Waals surface area contributed by atoms with Gasteiger partial charge in [-0.1, -0.05) is 6.07 Å². The molecule has 32 heavy (non-hydrogen) atoms. The number of nitrogens with one attached hydrogen (secondary N) is 1. The van der Waals surface area contributed by atoms with E-state index in [4.69, 9.17) is 19.4 Å². The molecular formula is C23H31N5O2S2. The van der Waals surface area contributed by atoms with Crippen LogP contribution < -0.4 is 5.32 Å². The number of thiophene rings is 2. The van der Waals surface area contributed by atoms with Crippen LogP contribution in [-0.2, 0) is 16.0 Å². The third-order valence-corrected chi connectivity index (χ3v) is 8.07. The molecule has 0 aromatic carbocycles. The first-order valence-corrected chi connectivity index (χ1v) is 13.0. The number of aromatic nitrogens is 2. The van der Waals surface area contributed by atoms with Crippen LogP contribution in [-0.4, -0.2) is 84.5 Å². The Morgan fingerprint density at radius 2 is 1.78 bits per heavy atom. The molecule has 0 bridgehead atoms. The average Bonchev–Trinajstić information content (AvgIpc) is 3.49. The van der Waals surface area contributed by atoms with Crippen molar-refractivity contribution in [1.82, 2.24) is 19.8 Å². The first-order chi connectivity index (χ1) is 15.6. The first kappa shape index (κ1) is 22.2. The number of fused-ring (bicyclic) bond motifs is 1. The minimum Gasteiger partial charge on any atom is -0.379 e. The quantitative estimate of drug-likeness (QED) is 0.560. The van der Waals surface area contributed by atoms with E-state index in [-0.39, 0.29) is 5.54 Å². The van der Waals surface area contributed by atoms with Crippen LogP contribution in [0.25, 0.3) is 20.7 Å².